The highest BCUT2D eigenvalue weighted by atomic mass is 35.5. The molecule has 0 atom stereocenters. The molecular weight excluding hydrogens is 471 g/mol. The van der Waals surface area contributed by atoms with Crippen LogP contribution in [0.1, 0.15) is 16.1 Å². The van der Waals surface area contributed by atoms with Gasteiger partial charge in [0.15, 0.2) is 11.5 Å². The minimum Gasteiger partial charge on any atom is -0.493 e. The number of nitro groups is 1. The second-order valence-corrected chi connectivity index (χ2v) is 8.64. The topological polar surface area (TPSA) is 74.5 Å². The Morgan fingerprint density at radius 2 is 1.91 bits per heavy atom. The van der Waals surface area contributed by atoms with Crippen molar-refractivity contribution in [1.29, 1.82) is 0 Å². The molecule has 1 aromatic heterocycles. The second-order valence-electron chi connectivity index (χ2n) is 6.73. The number of fused-ring (bicyclic) bond motifs is 1. The Morgan fingerprint density at radius 1 is 1.06 bits per heavy atom. The zero-order valence-electron chi connectivity index (χ0n) is 16.7. The molecule has 0 aliphatic rings. The third kappa shape index (κ3) is 5.02. The Bertz CT molecular complexity index is 1340. The van der Waals surface area contributed by atoms with Crippen LogP contribution in [0, 0.1) is 10.1 Å². The largest absolute Gasteiger partial charge is 0.493 e. The van der Waals surface area contributed by atoms with Crippen molar-refractivity contribution in [3.8, 4) is 11.5 Å². The predicted octanol–water partition coefficient (Wildman–Crippen LogP) is 7.27. The fraction of sp³-hybridized carbons (Fsp3) is 0.0870. The van der Waals surface area contributed by atoms with Crippen molar-refractivity contribution in [2.75, 3.05) is 7.11 Å². The number of non-ortho nitro benzene ring substituents is 1. The zero-order chi connectivity index (χ0) is 22.7. The van der Waals surface area contributed by atoms with Crippen LogP contribution >= 0.6 is 34.5 Å². The van der Waals surface area contributed by atoms with Gasteiger partial charge in [-0.2, -0.15) is 0 Å². The van der Waals surface area contributed by atoms with Gasteiger partial charge in [-0.05, 0) is 42.0 Å². The predicted molar refractivity (Wildman–Crippen MR) is 129 cm³/mol. The molecule has 0 amide bonds. The molecule has 4 rings (SSSR count). The van der Waals surface area contributed by atoms with Gasteiger partial charge in [0.05, 0.1) is 22.2 Å². The molecule has 0 fully saturated rings. The molecule has 0 bridgehead atoms. The van der Waals surface area contributed by atoms with E-state index < -0.39 is 4.92 Å². The van der Waals surface area contributed by atoms with Gasteiger partial charge < -0.3 is 9.47 Å². The summed E-state index contributed by atoms with van der Waals surface area (Å²) in [5, 5.41) is 12.8. The average Bonchev–Trinajstić information content (AvgIpc) is 3.19. The fourth-order valence-corrected chi connectivity index (χ4v) is 4.35. The van der Waals surface area contributed by atoms with Gasteiger partial charge >= 0.3 is 0 Å². The lowest BCUT2D eigenvalue weighted by molar-refractivity contribution is -0.384. The quantitative estimate of drug-likeness (QED) is 0.202. The Kier molecular flexibility index (Phi) is 6.60. The fourth-order valence-electron chi connectivity index (χ4n) is 2.98. The number of benzene rings is 3. The Morgan fingerprint density at radius 3 is 2.66 bits per heavy atom. The Balaban J connectivity index is 1.50. The summed E-state index contributed by atoms with van der Waals surface area (Å²) < 4.78 is 12.1. The molecule has 3 aromatic carbocycles. The number of nitrogens with zero attached hydrogens (tertiary/aromatic N) is 2. The molecule has 0 aliphatic heterocycles. The maximum absolute atomic E-state index is 10.9. The molecule has 0 spiro atoms. The van der Waals surface area contributed by atoms with Crippen LogP contribution in [0.3, 0.4) is 0 Å². The molecule has 6 nitrogen and oxygen atoms in total. The lowest BCUT2D eigenvalue weighted by atomic mass is 10.2. The zero-order valence-corrected chi connectivity index (χ0v) is 19.1. The first-order chi connectivity index (χ1) is 15.4. The van der Waals surface area contributed by atoms with Gasteiger partial charge in [-0.3, -0.25) is 10.1 Å². The number of ether oxygens (including phenoxy) is 2. The van der Waals surface area contributed by atoms with Crippen molar-refractivity contribution in [3.05, 3.63) is 90.9 Å². The summed E-state index contributed by atoms with van der Waals surface area (Å²) in [6.45, 7) is 0.277. The van der Waals surface area contributed by atoms with Gasteiger partial charge in [0, 0.05) is 27.7 Å². The third-order valence-corrected chi connectivity index (χ3v) is 6.17. The molecule has 32 heavy (non-hydrogen) atoms. The summed E-state index contributed by atoms with van der Waals surface area (Å²) in [4.78, 5) is 15.0. The highest BCUT2D eigenvalue weighted by molar-refractivity contribution is 7.19. The first-order valence-electron chi connectivity index (χ1n) is 9.41. The van der Waals surface area contributed by atoms with Crippen molar-refractivity contribution >= 4 is 62.6 Å². The van der Waals surface area contributed by atoms with E-state index in [1.54, 1.807) is 25.3 Å². The maximum atomic E-state index is 10.9. The van der Waals surface area contributed by atoms with E-state index >= 15 is 0 Å². The second kappa shape index (κ2) is 9.56. The summed E-state index contributed by atoms with van der Waals surface area (Å²) in [5.41, 5.74) is 2.49. The number of methoxy groups -OCH3 is 1. The summed E-state index contributed by atoms with van der Waals surface area (Å²) >= 11 is 13.5. The van der Waals surface area contributed by atoms with E-state index in [-0.39, 0.29) is 12.3 Å². The van der Waals surface area contributed by atoms with Crippen molar-refractivity contribution < 1.29 is 14.4 Å². The molecule has 0 saturated carbocycles. The molecule has 9 heteroatoms. The van der Waals surface area contributed by atoms with Crippen LogP contribution in [0.25, 0.3) is 22.4 Å². The summed E-state index contributed by atoms with van der Waals surface area (Å²) in [5.74, 6) is 1.17. The van der Waals surface area contributed by atoms with Crippen molar-refractivity contribution in [2.24, 2.45) is 0 Å². The molecule has 162 valence electrons. The minimum atomic E-state index is -0.411. The van der Waals surface area contributed by atoms with Crippen LogP contribution in [-0.4, -0.2) is 17.0 Å². The van der Waals surface area contributed by atoms with E-state index in [0.29, 0.717) is 21.5 Å². The molecule has 0 radical (unpaired) electrons. The smallest absolute Gasteiger partial charge is 0.270 e. The summed E-state index contributed by atoms with van der Waals surface area (Å²) in [7, 11) is 1.57. The average molecular weight is 487 g/mol. The number of thiazole rings is 1. The SMILES string of the molecule is COc1cc(/C=C/c2nc3ccc([N+](=O)[O-])cc3s2)ccc1OCc1ccc(Cl)cc1Cl. The summed E-state index contributed by atoms with van der Waals surface area (Å²) in [6, 6.07) is 15.5. The first-order valence-corrected chi connectivity index (χ1v) is 11.0. The van der Waals surface area contributed by atoms with Crippen molar-refractivity contribution in [3.63, 3.8) is 0 Å². The summed E-state index contributed by atoms with van der Waals surface area (Å²) in [6.07, 6.45) is 3.76. The number of rotatable bonds is 7. The van der Waals surface area contributed by atoms with E-state index in [1.807, 2.05) is 36.4 Å². The Hall–Kier alpha value is -3.13. The monoisotopic (exact) mass is 486 g/mol. The van der Waals surface area contributed by atoms with Crippen LogP contribution in [-0.2, 0) is 6.61 Å². The number of hydrogen-bond donors (Lipinski definition) is 0. The number of hydrogen-bond acceptors (Lipinski definition) is 6. The first kappa shape index (κ1) is 22.1. The van der Waals surface area contributed by atoms with E-state index in [9.17, 15) is 10.1 Å². The number of nitro benzene ring substituents is 1. The molecule has 0 unspecified atom stereocenters. The van der Waals surface area contributed by atoms with Crippen LogP contribution in [0.2, 0.25) is 10.0 Å². The molecule has 0 saturated heterocycles. The van der Waals surface area contributed by atoms with Gasteiger partial charge in [-0.15, -0.1) is 11.3 Å². The molecule has 1 heterocycles. The van der Waals surface area contributed by atoms with Crippen LogP contribution < -0.4 is 9.47 Å². The Labute approximate surface area is 197 Å². The van der Waals surface area contributed by atoms with Crippen LogP contribution in [0.15, 0.2) is 54.6 Å². The normalized spacial score (nSPS) is 11.2. The number of aromatic nitrogens is 1. The van der Waals surface area contributed by atoms with Crippen molar-refractivity contribution in [2.45, 2.75) is 6.61 Å². The highest BCUT2D eigenvalue weighted by Crippen LogP contribution is 2.32. The van der Waals surface area contributed by atoms with Gasteiger partial charge in [0.2, 0.25) is 0 Å². The maximum Gasteiger partial charge on any atom is 0.270 e. The van der Waals surface area contributed by atoms with Crippen molar-refractivity contribution in [1.82, 2.24) is 4.98 Å². The molecule has 4 aromatic rings. The standard InChI is InChI=1S/C23H16Cl2N2O4S/c1-30-21-10-14(2-8-20(21)31-13-15-4-5-16(24)11-18(15)25)3-9-23-26-19-7-6-17(27(28)29)12-22(19)32-23/h2-12H,13H2,1H3/b9-3+. The van der Waals surface area contributed by atoms with E-state index in [4.69, 9.17) is 32.7 Å². The van der Waals surface area contributed by atoms with E-state index in [1.165, 1.54) is 23.5 Å². The lowest BCUT2D eigenvalue weighted by Crippen LogP contribution is -1.98. The van der Waals surface area contributed by atoms with Gasteiger partial charge in [0.25, 0.3) is 5.69 Å². The van der Waals surface area contributed by atoms with Crippen LogP contribution in [0.5, 0.6) is 11.5 Å². The van der Waals surface area contributed by atoms with Gasteiger partial charge in [-0.1, -0.05) is 41.4 Å². The highest BCUT2D eigenvalue weighted by Gasteiger charge is 2.10. The lowest BCUT2D eigenvalue weighted by Gasteiger charge is -2.12. The van der Waals surface area contributed by atoms with E-state index in [2.05, 4.69) is 4.98 Å². The minimum absolute atomic E-state index is 0.0527. The van der Waals surface area contributed by atoms with E-state index in [0.717, 1.165) is 26.4 Å². The van der Waals surface area contributed by atoms with Gasteiger partial charge in [0.1, 0.15) is 11.6 Å². The van der Waals surface area contributed by atoms with Crippen LogP contribution in [0.4, 0.5) is 5.69 Å². The molecule has 0 aliphatic carbocycles. The molecule has 0 N–H and O–H groups in total. The third-order valence-electron chi connectivity index (χ3n) is 4.60. The molecular formula is C23H16Cl2N2O4S. The number of halogens is 2. The van der Waals surface area contributed by atoms with Gasteiger partial charge in [-0.25, -0.2) is 4.98 Å².